The number of carbonyl (C=O) groups is 2. The van der Waals surface area contributed by atoms with Gasteiger partial charge in [-0.2, -0.15) is 5.10 Å². The van der Waals surface area contributed by atoms with Crippen LogP contribution >= 0.6 is 0 Å². The van der Waals surface area contributed by atoms with Gasteiger partial charge < -0.3 is 18.3 Å². The Hall–Kier alpha value is -4.33. The minimum atomic E-state index is -0.492. The Bertz CT molecular complexity index is 1350. The number of esters is 1. The Morgan fingerprint density at radius 3 is 2.70 bits per heavy atom. The molecule has 0 spiro atoms. The van der Waals surface area contributed by atoms with Crippen LogP contribution in [0, 0.1) is 6.92 Å². The molecule has 0 aliphatic carbocycles. The largest absolute Gasteiger partial charge is 0.494 e. The molecular weight excluding hydrogens is 424 g/mol. The van der Waals surface area contributed by atoms with Crippen molar-refractivity contribution in [2.45, 2.75) is 13.8 Å². The standard InChI is InChI=1S/C25H22N2O6/c1-4-31-18-7-9-21-17(11-18)13-23(33-21)24(28)27-26-14-19-8-10-22(32-19)20-12-16(25(29)30-3)6-5-15(20)2/h5-14H,4H2,1-3H3,(H,27,28)/b26-14+. The molecule has 4 rings (SSSR count). The van der Waals surface area contributed by atoms with Gasteiger partial charge in [-0.1, -0.05) is 6.07 Å². The summed E-state index contributed by atoms with van der Waals surface area (Å²) in [4.78, 5) is 24.2. The third-order valence-electron chi connectivity index (χ3n) is 4.93. The number of nitrogens with zero attached hydrogens (tertiary/aromatic N) is 1. The van der Waals surface area contributed by atoms with Crippen molar-refractivity contribution in [1.29, 1.82) is 0 Å². The second kappa shape index (κ2) is 9.44. The van der Waals surface area contributed by atoms with Crippen molar-refractivity contribution >= 4 is 29.1 Å². The lowest BCUT2D eigenvalue weighted by Crippen LogP contribution is -2.16. The number of aryl methyl sites for hydroxylation is 1. The van der Waals surface area contributed by atoms with Crippen LogP contribution in [0.1, 0.15) is 39.2 Å². The molecule has 2 aromatic heterocycles. The number of rotatable bonds is 7. The monoisotopic (exact) mass is 446 g/mol. The maximum atomic E-state index is 12.4. The van der Waals surface area contributed by atoms with E-state index in [0.717, 1.165) is 16.5 Å². The van der Waals surface area contributed by atoms with Gasteiger partial charge in [-0.25, -0.2) is 10.2 Å². The molecule has 1 amide bonds. The van der Waals surface area contributed by atoms with E-state index >= 15 is 0 Å². The molecule has 0 atom stereocenters. The zero-order chi connectivity index (χ0) is 23.4. The highest BCUT2D eigenvalue weighted by Gasteiger charge is 2.14. The van der Waals surface area contributed by atoms with Crippen molar-refractivity contribution in [1.82, 2.24) is 5.43 Å². The second-order valence-electron chi connectivity index (χ2n) is 7.17. The number of fused-ring (bicyclic) bond motifs is 1. The van der Waals surface area contributed by atoms with Crippen LogP contribution < -0.4 is 10.2 Å². The van der Waals surface area contributed by atoms with Gasteiger partial charge in [0.2, 0.25) is 0 Å². The van der Waals surface area contributed by atoms with Gasteiger partial charge in [0.05, 0.1) is 25.5 Å². The number of furan rings is 2. The highest BCUT2D eigenvalue weighted by molar-refractivity contribution is 5.96. The number of ether oxygens (including phenoxy) is 2. The van der Waals surface area contributed by atoms with Crippen molar-refractivity contribution in [3.05, 3.63) is 77.2 Å². The Labute approximate surface area is 189 Å². The van der Waals surface area contributed by atoms with E-state index in [1.807, 2.05) is 26.0 Å². The van der Waals surface area contributed by atoms with Crippen LogP contribution in [0.5, 0.6) is 5.75 Å². The fourth-order valence-corrected chi connectivity index (χ4v) is 3.30. The summed E-state index contributed by atoms with van der Waals surface area (Å²) in [5.41, 5.74) is 5.12. The number of hydrogen-bond acceptors (Lipinski definition) is 7. The summed E-state index contributed by atoms with van der Waals surface area (Å²) in [6.07, 6.45) is 1.39. The van der Waals surface area contributed by atoms with Gasteiger partial charge in [0, 0.05) is 10.9 Å². The number of nitrogens with one attached hydrogen (secondary N) is 1. The van der Waals surface area contributed by atoms with Gasteiger partial charge in [-0.3, -0.25) is 4.79 Å². The van der Waals surface area contributed by atoms with E-state index in [0.29, 0.717) is 35.0 Å². The highest BCUT2D eigenvalue weighted by Crippen LogP contribution is 2.27. The topological polar surface area (TPSA) is 103 Å². The van der Waals surface area contributed by atoms with Crippen molar-refractivity contribution < 1.29 is 27.9 Å². The van der Waals surface area contributed by atoms with Gasteiger partial charge in [0.25, 0.3) is 0 Å². The second-order valence-corrected chi connectivity index (χ2v) is 7.17. The van der Waals surface area contributed by atoms with E-state index in [2.05, 4.69) is 10.5 Å². The lowest BCUT2D eigenvalue weighted by Gasteiger charge is -2.05. The van der Waals surface area contributed by atoms with Crippen LogP contribution in [0.3, 0.4) is 0 Å². The molecule has 1 N–H and O–H groups in total. The maximum Gasteiger partial charge on any atom is 0.337 e. The molecule has 4 aromatic rings. The normalized spacial score (nSPS) is 11.1. The minimum absolute atomic E-state index is 0.131. The number of methoxy groups -OCH3 is 1. The molecule has 8 heteroatoms. The first-order chi connectivity index (χ1) is 16.0. The predicted molar refractivity (Wildman–Crippen MR) is 123 cm³/mol. The molecular formula is C25H22N2O6. The Kier molecular flexibility index (Phi) is 6.26. The molecule has 33 heavy (non-hydrogen) atoms. The summed E-state index contributed by atoms with van der Waals surface area (Å²) < 4.78 is 21.6. The zero-order valence-electron chi connectivity index (χ0n) is 18.4. The Morgan fingerprint density at radius 2 is 1.91 bits per heavy atom. The van der Waals surface area contributed by atoms with Gasteiger partial charge in [-0.05, 0) is 67.9 Å². The molecule has 0 aliphatic rings. The third kappa shape index (κ3) is 4.79. The first-order valence-corrected chi connectivity index (χ1v) is 10.3. The molecule has 0 unspecified atom stereocenters. The lowest BCUT2D eigenvalue weighted by atomic mass is 10.0. The molecule has 0 saturated carbocycles. The van der Waals surface area contributed by atoms with Gasteiger partial charge >= 0.3 is 11.9 Å². The van der Waals surface area contributed by atoms with Crippen molar-refractivity contribution in [3.63, 3.8) is 0 Å². The number of hydrazone groups is 1. The fourth-order valence-electron chi connectivity index (χ4n) is 3.30. The summed E-state index contributed by atoms with van der Waals surface area (Å²) in [6, 6.07) is 15.7. The number of carbonyl (C=O) groups excluding carboxylic acids is 2. The van der Waals surface area contributed by atoms with E-state index in [-0.39, 0.29) is 5.76 Å². The van der Waals surface area contributed by atoms with Crippen molar-refractivity contribution in [2.24, 2.45) is 5.10 Å². The van der Waals surface area contributed by atoms with E-state index in [1.165, 1.54) is 13.3 Å². The minimum Gasteiger partial charge on any atom is -0.494 e. The molecule has 2 aromatic carbocycles. The Morgan fingerprint density at radius 1 is 1.06 bits per heavy atom. The van der Waals surface area contributed by atoms with E-state index in [1.54, 1.807) is 42.5 Å². The van der Waals surface area contributed by atoms with Crippen LogP contribution in [-0.4, -0.2) is 31.8 Å². The predicted octanol–water partition coefficient (Wildman–Crippen LogP) is 4.95. The molecule has 0 aliphatic heterocycles. The average molecular weight is 446 g/mol. The molecule has 0 fully saturated rings. The van der Waals surface area contributed by atoms with Crippen LogP contribution in [0.15, 0.2) is 68.5 Å². The van der Waals surface area contributed by atoms with Crippen LogP contribution in [0.2, 0.25) is 0 Å². The van der Waals surface area contributed by atoms with Crippen LogP contribution in [-0.2, 0) is 4.74 Å². The summed E-state index contributed by atoms with van der Waals surface area (Å²) in [5, 5.41) is 4.71. The summed E-state index contributed by atoms with van der Waals surface area (Å²) in [6.45, 7) is 4.37. The quantitative estimate of drug-likeness (QED) is 0.245. The fraction of sp³-hybridized carbons (Fsp3) is 0.160. The lowest BCUT2D eigenvalue weighted by molar-refractivity contribution is 0.0600. The molecule has 168 valence electrons. The molecule has 2 heterocycles. The third-order valence-corrected chi connectivity index (χ3v) is 4.93. The molecule has 0 bridgehead atoms. The van der Waals surface area contributed by atoms with Gasteiger partial charge in [0.1, 0.15) is 22.9 Å². The summed E-state index contributed by atoms with van der Waals surface area (Å²) in [7, 11) is 1.33. The van der Waals surface area contributed by atoms with E-state index in [9.17, 15) is 9.59 Å². The van der Waals surface area contributed by atoms with Crippen molar-refractivity contribution in [2.75, 3.05) is 13.7 Å². The smallest absolute Gasteiger partial charge is 0.337 e. The van der Waals surface area contributed by atoms with Crippen LogP contribution in [0.4, 0.5) is 0 Å². The molecule has 0 radical (unpaired) electrons. The summed E-state index contributed by atoms with van der Waals surface area (Å²) >= 11 is 0. The molecule has 0 saturated heterocycles. The van der Waals surface area contributed by atoms with Gasteiger partial charge in [-0.15, -0.1) is 0 Å². The first kappa shape index (κ1) is 21.9. The zero-order valence-corrected chi connectivity index (χ0v) is 18.4. The SMILES string of the molecule is CCOc1ccc2oc(C(=O)N/N=C/c3ccc(-c4cc(C(=O)OC)ccc4C)o3)cc2c1. The number of hydrogen-bond donors (Lipinski definition) is 1. The van der Waals surface area contributed by atoms with Crippen LogP contribution in [0.25, 0.3) is 22.3 Å². The first-order valence-electron chi connectivity index (χ1n) is 10.3. The van der Waals surface area contributed by atoms with E-state index in [4.69, 9.17) is 18.3 Å². The number of amides is 1. The summed E-state index contributed by atoms with van der Waals surface area (Å²) in [5.74, 6) is 0.913. The number of benzene rings is 2. The maximum absolute atomic E-state index is 12.4. The van der Waals surface area contributed by atoms with Gasteiger partial charge in [0.15, 0.2) is 5.76 Å². The highest BCUT2D eigenvalue weighted by atomic mass is 16.5. The Balaban J connectivity index is 1.45. The average Bonchev–Trinajstić information content (AvgIpc) is 3.46. The van der Waals surface area contributed by atoms with Crippen molar-refractivity contribution in [3.8, 4) is 17.1 Å². The van der Waals surface area contributed by atoms with E-state index < -0.39 is 11.9 Å². The molecule has 8 nitrogen and oxygen atoms in total.